The lowest BCUT2D eigenvalue weighted by Crippen LogP contribution is -2.28. The molecule has 0 saturated heterocycles. The topological polar surface area (TPSA) is 99.5 Å². The number of nitrogens with one attached hydrogen (secondary N) is 1. The van der Waals surface area contributed by atoms with Crippen molar-refractivity contribution >= 4 is 23.0 Å². The van der Waals surface area contributed by atoms with Gasteiger partial charge in [0.05, 0.1) is 28.8 Å². The summed E-state index contributed by atoms with van der Waals surface area (Å²) in [6.07, 6.45) is -0.629. The highest BCUT2D eigenvalue weighted by Gasteiger charge is 2.22. The Morgan fingerprint density at radius 2 is 1.81 bits per heavy atom. The zero-order valence-electron chi connectivity index (χ0n) is 18.2. The Hall–Kier alpha value is -3.68. The zero-order chi connectivity index (χ0) is 22.7. The second-order valence-electron chi connectivity index (χ2n) is 7.09. The van der Waals surface area contributed by atoms with Crippen molar-refractivity contribution < 1.29 is 19.1 Å². The first-order valence-electron chi connectivity index (χ1n) is 9.93. The summed E-state index contributed by atoms with van der Waals surface area (Å²) in [5, 5.41) is 2.70. The minimum absolute atomic E-state index is 0.198. The van der Waals surface area contributed by atoms with E-state index in [0.29, 0.717) is 33.3 Å². The van der Waals surface area contributed by atoms with Crippen molar-refractivity contribution in [2.45, 2.75) is 34.3 Å². The molecule has 0 spiro atoms. The van der Waals surface area contributed by atoms with E-state index in [0.717, 1.165) is 5.56 Å². The molecule has 0 bridgehead atoms. The van der Waals surface area contributed by atoms with Gasteiger partial charge in [-0.1, -0.05) is 18.2 Å². The number of fused-ring (bicyclic) bond motifs is 1. The van der Waals surface area contributed by atoms with E-state index in [9.17, 15) is 14.4 Å². The SMILES string of the molecule is CCOC(=O)c1c(C)cc2nc(COC(=O)NC)n(-c3ccccc3C)c(=O)c2c1C. The molecular formula is C23H25N3O5. The Morgan fingerprint density at radius 3 is 2.45 bits per heavy atom. The van der Waals surface area contributed by atoms with Crippen molar-refractivity contribution in [3.8, 4) is 5.69 Å². The van der Waals surface area contributed by atoms with Crippen LogP contribution in [0.4, 0.5) is 4.79 Å². The molecule has 0 radical (unpaired) electrons. The highest BCUT2D eigenvalue weighted by atomic mass is 16.5. The van der Waals surface area contributed by atoms with Gasteiger partial charge in [0, 0.05) is 7.05 Å². The lowest BCUT2D eigenvalue weighted by Gasteiger charge is -2.18. The van der Waals surface area contributed by atoms with Crippen LogP contribution in [-0.4, -0.2) is 35.3 Å². The van der Waals surface area contributed by atoms with Crippen LogP contribution in [0.3, 0.4) is 0 Å². The van der Waals surface area contributed by atoms with Crippen LogP contribution in [0.15, 0.2) is 35.1 Å². The first-order valence-corrected chi connectivity index (χ1v) is 9.93. The molecule has 8 heteroatoms. The minimum atomic E-state index is -0.629. The molecule has 0 saturated carbocycles. The summed E-state index contributed by atoms with van der Waals surface area (Å²) in [4.78, 5) is 42.5. The molecular weight excluding hydrogens is 398 g/mol. The van der Waals surface area contributed by atoms with Crippen LogP contribution in [0.2, 0.25) is 0 Å². The van der Waals surface area contributed by atoms with Crippen LogP contribution >= 0.6 is 0 Å². The molecule has 0 aliphatic heterocycles. The van der Waals surface area contributed by atoms with E-state index in [1.165, 1.54) is 11.6 Å². The summed E-state index contributed by atoms with van der Waals surface area (Å²) in [6, 6.07) is 9.04. The largest absolute Gasteiger partial charge is 0.462 e. The monoisotopic (exact) mass is 423 g/mol. The Bertz CT molecular complexity index is 1230. The molecule has 0 aliphatic rings. The Kier molecular flexibility index (Phi) is 6.39. The summed E-state index contributed by atoms with van der Waals surface area (Å²) in [5.41, 5.74) is 3.07. The van der Waals surface area contributed by atoms with Crippen LogP contribution in [-0.2, 0) is 16.1 Å². The first-order chi connectivity index (χ1) is 14.8. The second kappa shape index (κ2) is 8.99. The summed E-state index contributed by atoms with van der Waals surface area (Å²) in [6.45, 7) is 7.13. The van der Waals surface area contributed by atoms with Crippen LogP contribution in [0.5, 0.6) is 0 Å². The summed E-state index contributed by atoms with van der Waals surface area (Å²) < 4.78 is 11.8. The standard InChI is InChI=1S/C23H25N3O5/c1-6-30-22(28)19-14(3)11-16-20(15(19)4)21(27)26(17-10-8-7-9-13(17)2)18(25-16)12-31-23(29)24-5/h7-11H,6,12H2,1-5H3,(H,24,29). The number of para-hydroxylation sites is 1. The Balaban J connectivity index is 2.35. The van der Waals surface area contributed by atoms with Crippen molar-refractivity contribution in [3.63, 3.8) is 0 Å². The normalized spacial score (nSPS) is 10.7. The van der Waals surface area contributed by atoms with Crippen LogP contribution in [0, 0.1) is 20.8 Å². The lowest BCUT2D eigenvalue weighted by atomic mass is 9.98. The van der Waals surface area contributed by atoms with Gasteiger partial charge in [-0.3, -0.25) is 9.36 Å². The third kappa shape index (κ3) is 4.14. The molecule has 0 aliphatic carbocycles. The lowest BCUT2D eigenvalue weighted by molar-refractivity contribution is 0.0525. The number of ether oxygens (including phenoxy) is 2. The van der Waals surface area contributed by atoms with Gasteiger partial charge in [-0.05, 0) is 56.5 Å². The minimum Gasteiger partial charge on any atom is -0.462 e. The molecule has 1 heterocycles. The molecule has 0 unspecified atom stereocenters. The third-order valence-corrected chi connectivity index (χ3v) is 5.05. The Morgan fingerprint density at radius 1 is 1.10 bits per heavy atom. The van der Waals surface area contributed by atoms with Gasteiger partial charge in [-0.15, -0.1) is 0 Å². The molecule has 1 amide bonds. The van der Waals surface area contributed by atoms with Gasteiger partial charge in [-0.25, -0.2) is 14.6 Å². The van der Waals surface area contributed by atoms with E-state index in [4.69, 9.17) is 9.47 Å². The number of carbonyl (C=O) groups is 2. The molecule has 3 aromatic rings. The number of benzene rings is 2. The molecule has 8 nitrogen and oxygen atoms in total. The number of aryl methyl sites for hydroxylation is 3. The molecule has 31 heavy (non-hydrogen) atoms. The molecule has 2 aromatic carbocycles. The average Bonchev–Trinajstić information content (AvgIpc) is 2.72. The van der Waals surface area contributed by atoms with E-state index >= 15 is 0 Å². The maximum atomic E-state index is 13.7. The van der Waals surface area contributed by atoms with E-state index in [1.807, 2.05) is 25.1 Å². The van der Waals surface area contributed by atoms with E-state index < -0.39 is 12.1 Å². The maximum Gasteiger partial charge on any atom is 0.407 e. The quantitative estimate of drug-likeness (QED) is 0.632. The van der Waals surface area contributed by atoms with Crippen LogP contribution in [0.1, 0.15) is 39.8 Å². The predicted octanol–water partition coefficient (Wildman–Crippen LogP) is 3.34. The fourth-order valence-corrected chi connectivity index (χ4v) is 3.62. The van der Waals surface area contributed by atoms with Crippen molar-refractivity contribution in [1.82, 2.24) is 14.9 Å². The van der Waals surface area contributed by atoms with E-state index in [-0.39, 0.29) is 24.6 Å². The van der Waals surface area contributed by atoms with Crippen molar-refractivity contribution in [1.29, 1.82) is 0 Å². The molecule has 0 atom stereocenters. The average molecular weight is 423 g/mol. The fourth-order valence-electron chi connectivity index (χ4n) is 3.62. The van der Waals surface area contributed by atoms with Gasteiger partial charge < -0.3 is 14.8 Å². The van der Waals surface area contributed by atoms with Crippen molar-refractivity contribution in [2.24, 2.45) is 0 Å². The van der Waals surface area contributed by atoms with Gasteiger partial charge in [-0.2, -0.15) is 0 Å². The highest BCUT2D eigenvalue weighted by molar-refractivity contribution is 5.99. The number of carbonyl (C=O) groups excluding carboxylic acids is 2. The number of rotatable bonds is 5. The summed E-state index contributed by atoms with van der Waals surface area (Å²) >= 11 is 0. The second-order valence-corrected chi connectivity index (χ2v) is 7.09. The number of alkyl carbamates (subject to hydrolysis) is 1. The molecule has 3 rings (SSSR count). The number of nitrogens with zero attached hydrogens (tertiary/aromatic N) is 2. The molecule has 1 aromatic heterocycles. The molecule has 0 fully saturated rings. The van der Waals surface area contributed by atoms with Crippen molar-refractivity contribution in [2.75, 3.05) is 13.7 Å². The van der Waals surface area contributed by atoms with Crippen molar-refractivity contribution in [3.05, 3.63) is 68.8 Å². The number of hydrogen-bond donors (Lipinski definition) is 1. The first kappa shape index (κ1) is 22.0. The number of esters is 1. The van der Waals surface area contributed by atoms with Gasteiger partial charge in [0.25, 0.3) is 5.56 Å². The van der Waals surface area contributed by atoms with Gasteiger partial charge >= 0.3 is 12.1 Å². The number of aromatic nitrogens is 2. The fraction of sp³-hybridized carbons (Fsp3) is 0.304. The Labute approximate surface area is 179 Å². The third-order valence-electron chi connectivity index (χ3n) is 5.05. The molecule has 162 valence electrons. The van der Waals surface area contributed by atoms with Gasteiger partial charge in [0.2, 0.25) is 0 Å². The predicted molar refractivity (Wildman–Crippen MR) is 117 cm³/mol. The van der Waals surface area contributed by atoms with Crippen LogP contribution in [0.25, 0.3) is 16.6 Å². The van der Waals surface area contributed by atoms with E-state index in [1.54, 1.807) is 32.9 Å². The summed E-state index contributed by atoms with van der Waals surface area (Å²) in [7, 11) is 1.45. The van der Waals surface area contributed by atoms with Gasteiger partial charge in [0.15, 0.2) is 12.4 Å². The maximum absolute atomic E-state index is 13.7. The zero-order valence-corrected chi connectivity index (χ0v) is 18.2. The smallest absolute Gasteiger partial charge is 0.407 e. The van der Waals surface area contributed by atoms with E-state index in [2.05, 4.69) is 10.3 Å². The number of hydrogen-bond acceptors (Lipinski definition) is 6. The van der Waals surface area contributed by atoms with Crippen LogP contribution < -0.4 is 10.9 Å². The number of amides is 1. The molecule has 1 N–H and O–H groups in total. The highest BCUT2D eigenvalue weighted by Crippen LogP contribution is 2.25. The van der Waals surface area contributed by atoms with Gasteiger partial charge in [0.1, 0.15) is 0 Å². The summed E-state index contributed by atoms with van der Waals surface area (Å²) in [5.74, 6) is -0.202.